The Kier molecular flexibility index (Phi) is 6.68. The minimum absolute atomic E-state index is 0.648. The van der Waals surface area contributed by atoms with Crippen molar-refractivity contribution < 1.29 is 0 Å². The van der Waals surface area contributed by atoms with Crippen molar-refractivity contribution in [2.75, 3.05) is 33.2 Å². The van der Waals surface area contributed by atoms with Gasteiger partial charge in [-0.05, 0) is 44.1 Å². The van der Waals surface area contributed by atoms with E-state index in [1.807, 2.05) is 0 Å². The second-order valence-corrected chi connectivity index (χ2v) is 7.02. The maximum Gasteiger partial charge on any atom is 0.0246 e. The molecule has 1 aromatic carbocycles. The zero-order valence-electron chi connectivity index (χ0n) is 13.5. The summed E-state index contributed by atoms with van der Waals surface area (Å²) in [5.74, 6) is 0. The van der Waals surface area contributed by atoms with Crippen LogP contribution in [0.3, 0.4) is 0 Å². The molecule has 1 heterocycles. The molecule has 0 bridgehead atoms. The lowest BCUT2D eigenvalue weighted by molar-refractivity contribution is 0.0998. The van der Waals surface area contributed by atoms with Crippen LogP contribution in [-0.2, 0) is 13.1 Å². The Balaban J connectivity index is 1.91. The highest BCUT2D eigenvalue weighted by Gasteiger charge is 2.20. The van der Waals surface area contributed by atoms with Gasteiger partial charge in [0, 0.05) is 43.2 Å². The van der Waals surface area contributed by atoms with E-state index >= 15 is 0 Å². The summed E-state index contributed by atoms with van der Waals surface area (Å²) in [5, 5.41) is 3.45. The van der Waals surface area contributed by atoms with Crippen LogP contribution in [0.5, 0.6) is 0 Å². The van der Waals surface area contributed by atoms with E-state index in [1.165, 1.54) is 22.0 Å². The van der Waals surface area contributed by atoms with Crippen LogP contribution < -0.4 is 5.32 Å². The third-order valence-corrected chi connectivity index (χ3v) is 5.05. The minimum Gasteiger partial charge on any atom is -0.313 e. The molecule has 4 heteroatoms. The van der Waals surface area contributed by atoms with E-state index in [1.54, 1.807) is 0 Å². The molecule has 0 aliphatic carbocycles. The number of nitrogens with zero attached hydrogens (tertiary/aromatic N) is 2. The van der Waals surface area contributed by atoms with E-state index in [-0.39, 0.29) is 0 Å². The Morgan fingerprint density at radius 2 is 2.14 bits per heavy atom. The largest absolute Gasteiger partial charge is 0.313 e. The standard InChI is InChI=1S/C17H28BrN3/c1-4-7-19-11-15-5-6-16(17(18)10-15)13-21-9-8-20(3)14(2)12-21/h5-6,10,14,19H,4,7-9,11-13H2,1-3H3. The van der Waals surface area contributed by atoms with Crippen molar-refractivity contribution in [1.82, 2.24) is 15.1 Å². The molecule has 21 heavy (non-hydrogen) atoms. The topological polar surface area (TPSA) is 18.5 Å². The highest BCUT2D eigenvalue weighted by Crippen LogP contribution is 2.21. The number of piperazine rings is 1. The lowest BCUT2D eigenvalue weighted by Crippen LogP contribution is -2.49. The van der Waals surface area contributed by atoms with Gasteiger partial charge in [0.15, 0.2) is 0 Å². The highest BCUT2D eigenvalue weighted by molar-refractivity contribution is 9.10. The SMILES string of the molecule is CCCNCc1ccc(CN2CCN(C)C(C)C2)c(Br)c1. The Morgan fingerprint density at radius 1 is 1.33 bits per heavy atom. The molecule has 0 amide bonds. The Hall–Kier alpha value is -0.420. The second kappa shape index (κ2) is 8.28. The molecule has 1 N–H and O–H groups in total. The first kappa shape index (κ1) is 16.9. The van der Waals surface area contributed by atoms with E-state index in [0.717, 1.165) is 39.3 Å². The summed E-state index contributed by atoms with van der Waals surface area (Å²) in [6, 6.07) is 7.44. The number of halogens is 1. The third-order valence-electron chi connectivity index (χ3n) is 4.31. The molecule has 2 rings (SSSR count). The first-order chi connectivity index (χ1) is 10.1. The molecule has 0 saturated carbocycles. The van der Waals surface area contributed by atoms with Crippen LogP contribution in [0.15, 0.2) is 22.7 Å². The number of hydrogen-bond donors (Lipinski definition) is 1. The van der Waals surface area contributed by atoms with Crippen LogP contribution in [0.4, 0.5) is 0 Å². The molecular weight excluding hydrogens is 326 g/mol. The maximum absolute atomic E-state index is 3.75. The number of hydrogen-bond acceptors (Lipinski definition) is 3. The summed E-state index contributed by atoms with van der Waals surface area (Å²) < 4.78 is 1.24. The van der Waals surface area contributed by atoms with Gasteiger partial charge in [-0.3, -0.25) is 4.90 Å². The van der Waals surface area contributed by atoms with Gasteiger partial charge in [-0.1, -0.05) is 35.0 Å². The van der Waals surface area contributed by atoms with Gasteiger partial charge in [-0.15, -0.1) is 0 Å². The van der Waals surface area contributed by atoms with Crippen LogP contribution in [0, 0.1) is 0 Å². The monoisotopic (exact) mass is 353 g/mol. The van der Waals surface area contributed by atoms with Gasteiger partial charge in [0.1, 0.15) is 0 Å². The molecule has 0 radical (unpaired) electrons. The van der Waals surface area contributed by atoms with Gasteiger partial charge in [0.05, 0.1) is 0 Å². The Bertz CT molecular complexity index is 450. The van der Waals surface area contributed by atoms with Gasteiger partial charge < -0.3 is 10.2 Å². The molecule has 1 aliphatic heterocycles. The molecule has 1 atom stereocenters. The van der Waals surface area contributed by atoms with Gasteiger partial charge in [-0.25, -0.2) is 0 Å². The number of rotatable bonds is 6. The van der Waals surface area contributed by atoms with Crippen molar-refractivity contribution >= 4 is 15.9 Å². The smallest absolute Gasteiger partial charge is 0.0246 e. The lowest BCUT2D eigenvalue weighted by Gasteiger charge is -2.37. The van der Waals surface area contributed by atoms with Crippen LogP contribution in [0.1, 0.15) is 31.4 Å². The average molecular weight is 354 g/mol. The van der Waals surface area contributed by atoms with E-state index in [2.05, 4.69) is 70.1 Å². The van der Waals surface area contributed by atoms with Crippen molar-refractivity contribution in [3.8, 4) is 0 Å². The van der Waals surface area contributed by atoms with Gasteiger partial charge in [0.2, 0.25) is 0 Å². The fourth-order valence-electron chi connectivity index (χ4n) is 2.75. The predicted octanol–water partition coefficient (Wildman–Crippen LogP) is 3.08. The van der Waals surface area contributed by atoms with Gasteiger partial charge >= 0.3 is 0 Å². The highest BCUT2D eigenvalue weighted by atomic mass is 79.9. The van der Waals surface area contributed by atoms with Crippen molar-refractivity contribution in [2.45, 2.75) is 39.4 Å². The average Bonchev–Trinajstić information content (AvgIpc) is 2.46. The Morgan fingerprint density at radius 3 is 2.81 bits per heavy atom. The zero-order chi connectivity index (χ0) is 15.2. The normalized spacial score (nSPS) is 20.9. The fraction of sp³-hybridized carbons (Fsp3) is 0.647. The molecule has 1 aromatic rings. The summed E-state index contributed by atoms with van der Waals surface area (Å²) >= 11 is 3.75. The first-order valence-corrected chi connectivity index (χ1v) is 8.80. The number of nitrogens with one attached hydrogen (secondary N) is 1. The molecule has 1 saturated heterocycles. The number of likely N-dealkylation sites (N-methyl/N-ethyl adjacent to an activating group) is 1. The van der Waals surface area contributed by atoms with E-state index < -0.39 is 0 Å². The fourth-order valence-corrected chi connectivity index (χ4v) is 3.30. The summed E-state index contributed by atoms with van der Waals surface area (Å²) in [6.07, 6.45) is 1.18. The molecule has 1 fully saturated rings. The quantitative estimate of drug-likeness (QED) is 0.792. The van der Waals surface area contributed by atoms with Crippen molar-refractivity contribution in [2.24, 2.45) is 0 Å². The molecule has 3 nitrogen and oxygen atoms in total. The molecular formula is C17H28BrN3. The van der Waals surface area contributed by atoms with Crippen molar-refractivity contribution in [3.63, 3.8) is 0 Å². The van der Waals surface area contributed by atoms with Gasteiger partial charge in [-0.2, -0.15) is 0 Å². The van der Waals surface area contributed by atoms with Crippen LogP contribution >= 0.6 is 15.9 Å². The molecule has 118 valence electrons. The Labute approximate surface area is 137 Å². The molecule has 1 aliphatic rings. The van der Waals surface area contributed by atoms with Crippen LogP contribution in [0.25, 0.3) is 0 Å². The van der Waals surface area contributed by atoms with Crippen LogP contribution in [0.2, 0.25) is 0 Å². The zero-order valence-corrected chi connectivity index (χ0v) is 15.1. The van der Waals surface area contributed by atoms with Crippen LogP contribution in [-0.4, -0.2) is 49.1 Å². The summed E-state index contributed by atoms with van der Waals surface area (Å²) in [4.78, 5) is 4.99. The minimum atomic E-state index is 0.648. The molecule has 0 aromatic heterocycles. The molecule has 0 spiro atoms. The van der Waals surface area contributed by atoms with Crippen molar-refractivity contribution in [3.05, 3.63) is 33.8 Å². The van der Waals surface area contributed by atoms with E-state index in [9.17, 15) is 0 Å². The summed E-state index contributed by atoms with van der Waals surface area (Å²) in [5.41, 5.74) is 2.75. The van der Waals surface area contributed by atoms with Gasteiger partial charge in [0.25, 0.3) is 0 Å². The first-order valence-electron chi connectivity index (χ1n) is 8.00. The van der Waals surface area contributed by atoms with E-state index in [4.69, 9.17) is 0 Å². The molecule has 1 unspecified atom stereocenters. The third kappa shape index (κ3) is 5.06. The summed E-state index contributed by atoms with van der Waals surface area (Å²) in [6.45, 7) is 11.1. The van der Waals surface area contributed by atoms with Crippen molar-refractivity contribution in [1.29, 1.82) is 0 Å². The number of benzene rings is 1. The predicted molar refractivity (Wildman–Crippen MR) is 93.5 cm³/mol. The second-order valence-electron chi connectivity index (χ2n) is 6.17. The van der Waals surface area contributed by atoms with E-state index in [0.29, 0.717) is 6.04 Å². The summed E-state index contributed by atoms with van der Waals surface area (Å²) in [7, 11) is 2.22. The maximum atomic E-state index is 3.75. The lowest BCUT2D eigenvalue weighted by atomic mass is 10.1.